The number of likely N-dealkylation sites (tertiary alicyclic amines) is 1. The van der Waals surface area contributed by atoms with Crippen LogP contribution in [0.2, 0.25) is 0 Å². The minimum Gasteiger partial charge on any atom is -0.353 e. The zero-order chi connectivity index (χ0) is 19.1. The molecule has 1 aliphatic heterocycles. The summed E-state index contributed by atoms with van der Waals surface area (Å²) in [5.41, 5.74) is 0.992. The van der Waals surface area contributed by atoms with Crippen molar-refractivity contribution in [3.63, 3.8) is 0 Å². The maximum Gasteiger partial charge on any atom is 0.225 e. The number of halogens is 1. The molecule has 2 amide bonds. The molecule has 144 valence electrons. The van der Waals surface area contributed by atoms with Gasteiger partial charge in [0.2, 0.25) is 11.8 Å². The largest absolute Gasteiger partial charge is 0.353 e. The molecule has 1 aromatic carbocycles. The van der Waals surface area contributed by atoms with E-state index in [-0.39, 0.29) is 36.0 Å². The van der Waals surface area contributed by atoms with Gasteiger partial charge in [0.25, 0.3) is 0 Å². The average Bonchev–Trinajstić information content (AvgIpc) is 2.95. The molecule has 1 fully saturated rings. The molecule has 1 aromatic rings. The Kier molecular flexibility index (Phi) is 7.61. The van der Waals surface area contributed by atoms with Crippen molar-refractivity contribution >= 4 is 11.8 Å². The summed E-state index contributed by atoms with van der Waals surface area (Å²) in [6.45, 7) is 7.48. The number of hydrogen-bond acceptors (Lipinski definition) is 2. The van der Waals surface area contributed by atoms with E-state index < -0.39 is 0 Å². The lowest BCUT2D eigenvalue weighted by Gasteiger charge is -2.19. The minimum absolute atomic E-state index is 0.0142. The lowest BCUT2D eigenvalue weighted by atomic mass is 10.0. The summed E-state index contributed by atoms with van der Waals surface area (Å²) in [5, 5.41) is 3.06. The summed E-state index contributed by atoms with van der Waals surface area (Å²) in [5.74, 6) is 0.174. The number of rotatable bonds is 9. The van der Waals surface area contributed by atoms with Crippen LogP contribution in [0.4, 0.5) is 4.39 Å². The van der Waals surface area contributed by atoms with Crippen molar-refractivity contribution in [2.45, 2.75) is 58.9 Å². The first-order valence-corrected chi connectivity index (χ1v) is 9.67. The van der Waals surface area contributed by atoms with Crippen molar-refractivity contribution in [3.05, 3.63) is 35.6 Å². The zero-order valence-electron chi connectivity index (χ0n) is 16.1. The molecule has 0 aliphatic carbocycles. The quantitative estimate of drug-likeness (QED) is 0.730. The van der Waals surface area contributed by atoms with E-state index >= 15 is 0 Å². The lowest BCUT2D eigenvalue weighted by Crippen LogP contribution is -2.38. The van der Waals surface area contributed by atoms with Crippen LogP contribution in [0.15, 0.2) is 24.3 Å². The molecule has 5 heteroatoms. The molecule has 2 unspecified atom stereocenters. The second-order valence-electron chi connectivity index (χ2n) is 7.85. The van der Waals surface area contributed by atoms with Gasteiger partial charge in [0, 0.05) is 25.6 Å². The van der Waals surface area contributed by atoms with Gasteiger partial charge in [0.05, 0.1) is 5.92 Å². The van der Waals surface area contributed by atoms with Gasteiger partial charge in [-0.3, -0.25) is 9.59 Å². The lowest BCUT2D eigenvalue weighted by molar-refractivity contribution is -0.129. The summed E-state index contributed by atoms with van der Waals surface area (Å²) in [7, 11) is 0. The highest BCUT2D eigenvalue weighted by Gasteiger charge is 2.34. The van der Waals surface area contributed by atoms with Crippen LogP contribution in [0.3, 0.4) is 0 Å². The van der Waals surface area contributed by atoms with Gasteiger partial charge in [-0.05, 0) is 43.4 Å². The fraction of sp³-hybridized carbons (Fsp3) is 0.619. The van der Waals surface area contributed by atoms with Gasteiger partial charge in [0.15, 0.2) is 0 Å². The van der Waals surface area contributed by atoms with E-state index in [2.05, 4.69) is 19.2 Å². The van der Waals surface area contributed by atoms with Gasteiger partial charge >= 0.3 is 0 Å². The molecule has 26 heavy (non-hydrogen) atoms. The Bertz CT molecular complexity index is 601. The van der Waals surface area contributed by atoms with E-state index in [1.165, 1.54) is 18.6 Å². The molecule has 2 atom stereocenters. The second-order valence-corrected chi connectivity index (χ2v) is 7.85. The molecule has 0 spiro atoms. The van der Waals surface area contributed by atoms with E-state index in [0.29, 0.717) is 25.4 Å². The van der Waals surface area contributed by atoms with E-state index in [0.717, 1.165) is 18.4 Å². The topological polar surface area (TPSA) is 49.4 Å². The number of nitrogens with one attached hydrogen (secondary N) is 1. The summed E-state index contributed by atoms with van der Waals surface area (Å²) < 4.78 is 12.9. The van der Waals surface area contributed by atoms with Crippen LogP contribution >= 0.6 is 0 Å². The Labute approximate surface area is 156 Å². The Hall–Kier alpha value is -1.91. The van der Waals surface area contributed by atoms with Crippen molar-refractivity contribution < 1.29 is 14.0 Å². The maximum atomic E-state index is 12.9. The first-order chi connectivity index (χ1) is 12.3. The number of carbonyl (C=O) groups is 2. The molecule has 0 bridgehead atoms. The number of carbonyl (C=O) groups excluding carboxylic acids is 2. The van der Waals surface area contributed by atoms with E-state index in [1.54, 1.807) is 17.0 Å². The fourth-order valence-corrected chi connectivity index (χ4v) is 3.34. The van der Waals surface area contributed by atoms with Gasteiger partial charge in [-0.15, -0.1) is 0 Å². The molecule has 1 heterocycles. The maximum absolute atomic E-state index is 12.9. The van der Waals surface area contributed by atoms with E-state index in [4.69, 9.17) is 0 Å². The first-order valence-electron chi connectivity index (χ1n) is 9.67. The Morgan fingerprint density at radius 2 is 1.92 bits per heavy atom. The molecule has 2 rings (SSSR count). The Morgan fingerprint density at radius 3 is 2.58 bits per heavy atom. The third-order valence-corrected chi connectivity index (χ3v) is 4.98. The van der Waals surface area contributed by atoms with Crippen LogP contribution in [0.25, 0.3) is 0 Å². The van der Waals surface area contributed by atoms with Gasteiger partial charge < -0.3 is 10.2 Å². The summed E-state index contributed by atoms with van der Waals surface area (Å²) in [4.78, 5) is 26.4. The minimum atomic E-state index is -0.261. The van der Waals surface area contributed by atoms with Crippen LogP contribution in [0.1, 0.15) is 52.0 Å². The first kappa shape index (κ1) is 20.4. The highest BCUT2D eigenvalue weighted by atomic mass is 19.1. The highest BCUT2D eigenvalue weighted by molar-refractivity contribution is 5.89. The SMILES string of the molecule is CC(C)CCCC(C)NC(=O)C1CC(=O)N(CCc2ccc(F)cc2)C1. The van der Waals surface area contributed by atoms with Crippen LogP contribution in [0.5, 0.6) is 0 Å². The van der Waals surface area contributed by atoms with Gasteiger partial charge in [-0.2, -0.15) is 0 Å². The Morgan fingerprint density at radius 1 is 1.23 bits per heavy atom. The number of benzene rings is 1. The average molecular weight is 362 g/mol. The normalized spacial score (nSPS) is 18.4. The smallest absolute Gasteiger partial charge is 0.225 e. The monoisotopic (exact) mass is 362 g/mol. The van der Waals surface area contributed by atoms with Gasteiger partial charge in [-0.1, -0.05) is 38.8 Å². The number of nitrogens with zero attached hydrogens (tertiary/aromatic N) is 1. The number of amides is 2. The molecule has 1 saturated heterocycles. The zero-order valence-corrected chi connectivity index (χ0v) is 16.1. The summed E-state index contributed by atoms with van der Waals surface area (Å²) in [6.07, 6.45) is 4.20. The number of hydrogen-bond donors (Lipinski definition) is 1. The molecule has 1 N–H and O–H groups in total. The van der Waals surface area contributed by atoms with Crippen molar-refractivity contribution in [2.75, 3.05) is 13.1 Å². The molecule has 1 aliphatic rings. The van der Waals surface area contributed by atoms with Crippen LogP contribution in [0, 0.1) is 17.7 Å². The molecular weight excluding hydrogens is 331 g/mol. The van der Waals surface area contributed by atoms with Crippen LogP contribution < -0.4 is 5.32 Å². The molecule has 0 aromatic heterocycles. The fourth-order valence-electron chi connectivity index (χ4n) is 3.34. The molecule has 4 nitrogen and oxygen atoms in total. The summed E-state index contributed by atoms with van der Waals surface area (Å²) in [6, 6.07) is 6.47. The second kappa shape index (κ2) is 9.70. The van der Waals surface area contributed by atoms with Crippen LogP contribution in [-0.2, 0) is 16.0 Å². The van der Waals surface area contributed by atoms with Crippen LogP contribution in [-0.4, -0.2) is 35.8 Å². The Balaban J connectivity index is 1.75. The predicted molar refractivity (Wildman–Crippen MR) is 101 cm³/mol. The third kappa shape index (κ3) is 6.43. The van der Waals surface area contributed by atoms with Gasteiger partial charge in [0.1, 0.15) is 5.82 Å². The van der Waals surface area contributed by atoms with Crippen molar-refractivity contribution in [1.82, 2.24) is 10.2 Å². The summed E-state index contributed by atoms with van der Waals surface area (Å²) >= 11 is 0. The highest BCUT2D eigenvalue weighted by Crippen LogP contribution is 2.19. The van der Waals surface area contributed by atoms with Crippen molar-refractivity contribution in [2.24, 2.45) is 11.8 Å². The van der Waals surface area contributed by atoms with Crippen molar-refractivity contribution in [3.8, 4) is 0 Å². The molecular formula is C21H31FN2O2. The standard InChI is InChI=1S/C21H31FN2O2/c1-15(2)5-4-6-16(3)23-21(26)18-13-20(25)24(14-18)12-11-17-7-9-19(22)10-8-17/h7-10,15-16,18H,4-6,11-14H2,1-3H3,(H,23,26). The third-order valence-electron chi connectivity index (χ3n) is 4.98. The predicted octanol–water partition coefficient (Wildman–Crippen LogP) is 3.55. The van der Waals surface area contributed by atoms with E-state index in [1.807, 2.05) is 6.92 Å². The van der Waals surface area contributed by atoms with Gasteiger partial charge in [-0.25, -0.2) is 4.39 Å². The van der Waals surface area contributed by atoms with Crippen molar-refractivity contribution in [1.29, 1.82) is 0 Å². The molecule has 0 radical (unpaired) electrons. The molecule has 0 saturated carbocycles. The van der Waals surface area contributed by atoms with E-state index in [9.17, 15) is 14.0 Å².